The summed E-state index contributed by atoms with van der Waals surface area (Å²) in [6, 6.07) is 27.8. The third kappa shape index (κ3) is 4.55. The molecule has 6 atom stereocenters. The number of methoxy groups -OCH3 is 1. The van der Waals surface area contributed by atoms with Gasteiger partial charge in [0.1, 0.15) is 11.5 Å². The van der Waals surface area contributed by atoms with Gasteiger partial charge in [0.2, 0.25) is 23.6 Å². The van der Waals surface area contributed by atoms with Crippen LogP contribution in [0.2, 0.25) is 5.02 Å². The van der Waals surface area contributed by atoms with Gasteiger partial charge in [-0.05, 0) is 72.9 Å². The second-order valence-corrected chi connectivity index (χ2v) is 14.4. The number of aromatic hydroxyl groups is 1. The highest BCUT2D eigenvalue weighted by Gasteiger charge is 2.70. The van der Waals surface area contributed by atoms with Gasteiger partial charge in [0.05, 0.1) is 41.7 Å². The number of anilines is 2. The summed E-state index contributed by atoms with van der Waals surface area (Å²) in [4.78, 5) is 61.1. The molecule has 2 saturated heterocycles. The molecule has 0 spiro atoms. The van der Waals surface area contributed by atoms with Gasteiger partial charge in [-0.3, -0.25) is 24.1 Å². The number of hydrogen-bond acceptors (Lipinski definition) is 6. The summed E-state index contributed by atoms with van der Waals surface area (Å²) in [6.45, 7) is 0. The topological polar surface area (TPSA) is 104 Å². The molecular weight excluding hydrogens is 708 g/mol. The first-order valence-corrected chi connectivity index (χ1v) is 17.2. The summed E-state index contributed by atoms with van der Waals surface area (Å²) in [5.41, 5.74) is 1.44. The van der Waals surface area contributed by atoms with Crippen LogP contribution < -0.4 is 14.5 Å². The van der Waals surface area contributed by atoms with Gasteiger partial charge in [-0.2, -0.15) is 0 Å². The van der Waals surface area contributed by atoms with E-state index in [9.17, 15) is 19.5 Å². The fourth-order valence-corrected chi connectivity index (χ4v) is 9.32. The SMILES string of the molecule is COc1cc(O)ccc1C1C2=CCC3C(=O)N(c4ccc(Br)cc4)C(=O)C3C2CC2C(=O)N(c3cccc(Cl)c3)C(=O)C21c1ccccc1. The molecule has 2 aliphatic carbocycles. The number of imide groups is 2. The molecular formula is C39H30BrClN2O6. The predicted octanol–water partition coefficient (Wildman–Crippen LogP) is 7.18. The van der Waals surface area contributed by atoms with Gasteiger partial charge in [-0.25, -0.2) is 4.90 Å². The normalized spacial score (nSPS) is 27.5. The highest BCUT2D eigenvalue weighted by Crippen LogP contribution is 2.65. The Bertz CT molecular complexity index is 2080. The summed E-state index contributed by atoms with van der Waals surface area (Å²) in [5, 5.41) is 10.9. The maximum absolute atomic E-state index is 15.3. The number of allylic oxidation sites excluding steroid dienone is 2. The number of fused-ring (bicyclic) bond motifs is 4. The second-order valence-electron chi connectivity index (χ2n) is 13.0. The van der Waals surface area contributed by atoms with Crippen LogP contribution in [0.4, 0.5) is 11.4 Å². The largest absolute Gasteiger partial charge is 0.508 e. The Morgan fingerprint density at radius 2 is 1.57 bits per heavy atom. The lowest BCUT2D eigenvalue weighted by Crippen LogP contribution is -2.53. The van der Waals surface area contributed by atoms with Crippen molar-refractivity contribution in [1.82, 2.24) is 0 Å². The van der Waals surface area contributed by atoms with Crippen molar-refractivity contribution in [3.63, 3.8) is 0 Å². The lowest BCUT2D eigenvalue weighted by molar-refractivity contribution is -0.127. The summed E-state index contributed by atoms with van der Waals surface area (Å²) in [7, 11) is 1.49. The minimum absolute atomic E-state index is 0.0213. The molecule has 1 N–H and O–H groups in total. The monoisotopic (exact) mass is 736 g/mol. The highest BCUT2D eigenvalue weighted by atomic mass is 79.9. The van der Waals surface area contributed by atoms with Crippen LogP contribution in [-0.4, -0.2) is 35.8 Å². The van der Waals surface area contributed by atoms with Crippen LogP contribution in [0, 0.1) is 23.7 Å². The summed E-state index contributed by atoms with van der Waals surface area (Å²) < 4.78 is 6.66. The molecule has 246 valence electrons. The molecule has 8 nitrogen and oxygen atoms in total. The molecule has 0 aromatic heterocycles. The van der Waals surface area contributed by atoms with E-state index in [1.165, 1.54) is 29.0 Å². The summed E-state index contributed by atoms with van der Waals surface area (Å²) in [6.07, 6.45) is 2.47. The van der Waals surface area contributed by atoms with Crippen molar-refractivity contribution in [1.29, 1.82) is 0 Å². The highest BCUT2D eigenvalue weighted by molar-refractivity contribution is 9.10. The molecule has 2 heterocycles. The zero-order valence-electron chi connectivity index (χ0n) is 26.3. The fourth-order valence-electron chi connectivity index (χ4n) is 8.87. The molecule has 4 aliphatic rings. The van der Waals surface area contributed by atoms with E-state index in [1.54, 1.807) is 54.6 Å². The molecule has 0 radical (unpaired) electrons. The molecule has 4 amide bonds. The first-order valence-electron chi connectivity index (χ1n) is 16.1. The maximum Gasteiger partial charge on any atom is 0.246 e. The third-order valence-electron chi connectivity index (χ3n) is 10.8. The lowest BCUT2D eigenvalue weighted by Gasteiger charge is -2.51. The van der Waals surface area contributed by atoms with Gasteiger partial charge in [-0.1, -0.05) is 81.6 Å². The zero-order chi connectivity index (χ0) is 34.2. The van der Waals surface area contributed by atoms with Crippen LogP contribution in [0.15, 0.2) is 113 Å². The van der Waals surface area contributed by atoms with E-state index in [-0.39, 0.29) is 24.0 Å². The van der Waals surface area contributed by atoms with Crippen LogP contribution in [0.25, 0.3) is 0 Å². The van der Waals surface area contributed by atoms with Gasteiger partial charge in [0.15, 0.2) is 0 Å². The first kappa shape index (κ1) is 31.5. The van der Waals surface area contributed by atoms with Crippen LogP contribution in [-0.2, 0) is 24.6 Å². The van der Waals surface area contributed by atoms with Crippen molar-refractivity contribution < 1.29 is 29.0 Å². The molecule has 2 aliphatic heterocycles. The predicted molar refractivity (Wildman–Crippen MR) is 187 cm³/mol. The van der Waals surface area contributed by atoms with E-state index in [1.807, 2.05) is 36.4 Å². The standard InChI is InChI=1S/C39H30BrClN2O6/c1-49-32-19-26(44)14-15-28(32)34-27-16-17-29-33(37(47)42(35(29)45)24-12-10-22(40)11-13-24)30(27)20-31-36(46)43(25-9-5-8-23(41)18-25)38(48)39(31,34)21-6-3-2-4-7-21/h2-16,18-19,29-31,33-34,44H,17,20H2,1H3. The Morgan fingerprint density at radius 3 is 2.29 bits per heavy atom. The summed E-state index contributed by atoms with van der Waals surface area (Å²) >= 11 is 9.82. The molecule has 0 bridgehead atoms. The van der Waals surface area contributed by atoms with Crippen molar-refractivity contribution in [3.05, 3.63) is 129 Å². The number of carbonyl (C=O) groups excluding carboxylic acids is 4. The number of ether oxygens (including phenoxy) is 1. The van der Waals surface area contributed by atoms with Crippen molar-refractivity contribution in [2.75, 3.05) is 16.9 Å². The average molecular weight is 738 g/mol. The molecule has 3 fully saturated rings. The molecule has 4 aromatic carbocycles. The Labute approximate surface area is 296 Å². The van der Waals surface area contributed by atoms with Gasteiger partial charge >= 0.3 is 0 Å². The van der Waals surface area contributed by atoms with E-state index in [0.717, 1.165) is 10.0 Å². The molecule has 1 saturated carbocycles. The van der Waals surface area contributed by atoms with Crippen LogP contribution in [0.3, 0.4) is 0 Å². The number of rotatable bonds is 5. The second kappa shape index (κ2) is 11.7. The number of halogens is 2. The molecule has 4 aromatic rings. The Hall–Kier alpha value is -4.73. The number of nitrogens with zero attached hydrogens (tertiary/aromatic N) is 2. The Balaban J connectivity index is 1.37. The number of hydrogen-bond donors (Lipinski definition) is 1. The number of phenols is 1. The fraction of sp³-hybridized carbons (Fsp3) is 0.231. The zero-order valence-corrected chi connectivity index (χ0v) is 28.6. The molecule has 10 heteroatoms. The van der Waals surface area contributed by atoms with Gasteiger partial charge in [0.25, 0.3) is 0 Å². The van der Waals surface area contributed by atoms with E-state index in [2.05, 4.69) is 15.9 Å². The van der Waals surface area contributed by atoms with Crippen molar-refractivity contribution >= 4 is 62.5 Å². The smallest absolute Gasteiger partial charge is 0.246 e. The van der Waals surface area contributed by atoms with Crippen LogP contribution in [0.1, 0.15) is 29.9 Å². The quantitative estimate of drug-likeness (QED) is 0.172. The van der Waals surface area contributed by atoms with E-state index in [0.29, 0.717) is 39.7 Å². The Morgan fingerprint density at radius 1 is 0.816 bits per heavy atom. The van der Waals surface area contributed by atoms with E-state index in [4.69, 9.17) is 16.3 Å². The Kier molecular flexibility index (Phi) is 7.53. The third-order valence-corrected chi connectivity index (χ3v) is 11.5. The van der Waals surface area contributed by atoms with Crippen LogP contribution >= 0.6 is 27.5 Å². The number of benzene rings is 4. The number of phenolic OH excluding ortho intramolecular Hbond substituents is 1. The van der Waals surface area contributed by atoms with Gasteiger partial charge in [-0.15, -0.1) is 0 Å². The minimum atomic E-state index is -1.45. The number of amides is 4. The number of carbonyl (C=O) groups is 4. The van der Waals surface area contributed by atoms with E-state index >= 15 is 4.79 Å². The molecule has 8 rings (SSSR count). The van der Waals surface area contributed by atoms with Crippen LogP contribution in [0.5, 0.6) is 11.5 Å². The first-order chi connectivity index (χ1) is 23.7. The average Bonchev–Trinajstić information content (AvgIpc) is 3.50. The van der Waals surface area contributed by atoms with E-state index < -0.39 is 46.8 Å². The lowest BCUT2D eigenvalue weighted by atomic mass is 9.49. The van der Waals surface area contributed by atoms with Gasteiger partial charge in [0, 0.05) is 27.0 Å². The van der Waals surface area contributed by atoms with Crippen molar-refractivity contribution in [2.45, 2.75) is 24.2 Å². The minimum Gasteiger partial charge on any atom is -0.508 e. The molecule has 6 unspecified atom stereocenters. The molecule has 49 heavy (non-hydrogen) atoms. The van der Waals surface area contributed by atoms with Crippen molar-refractivity contribution in [2.24, 2.45) is 23.7 Å². The van der Waals surface area contributed by atoms with Gasteiger partial charge < -0.3 is 9.84 Å². The van der Waals surface area contributed by atoms with Crippen molar-refractivity contribution in [3.8, 4) is 11.5 Å². The maximum atomic E-state index is 15.3. The summed E-state index contributed by atoms with van der Waals surface area (Å²) in [5.74, 6) is -4.66.